The number of sulfonamides is 1. The van der Waals surface area contributed by atoms with Crippen LogP contribution >= 0.6 is 0 Å². The van der Waals surface area contributed by atoms with Crippen LogP contribution in [0.4, 0.5) is 11.5 Å². The van der Waals surface area contributed by atoms with Crippen LogP contribution in [0.15, 0.2) is 59.5 Å². The lowest BCUT2D eigenvalue weighted by Gasteiger charge is -2.21. The molecule has 2 aromatic carbocycles. The van der Waals surface area contributed by atoms with Gasteiger partial charge in [-0.1, -0.05) is 12.1 Å². The molecule has 0 aliphatic heterocycles. The molecule has 9 heteroatoms. The van der Waals surface area contributed by atoms with Crippen LogP contribution in [0.3, 0.4) is 0 Å². The van der Waals surface area contributed by atoms with E-state index in [1.807, 2.05) is 13.8 Å². The maximum atomic E-state index is 12.5. The number of pyridine rings is 1. The summed E-state index contributed by atoms with van der Waals surface area (Å²) >= 11 is 0. The molecule has 0 saturated heterocycles. The SMILES string of the molecule is CC(C)N(C)S(=O)(=O)c1ccc(CNc2ccc3cc([N+](=O)[O-])ccc3n2)cc1. The van der Waals surface area contributed by atoms with Gasteiger partial charge in [-0.15, -0.1) is 0 Å². The van der Waals surface area contributed by atoms with Gasteiger partial charge in [0.25, 0.3) is 5.69 Å². The zero-order chi connectivity index (χ0) is 21.2. The Labute approximate surface area is 169 Å². The van der Waals surface area contributed by atoms with Crippen molar-refractivity contribution < 1.29 is 13.3 Å². The minimum atomic E-state index is -3.50. The number of non-ortho nitro benzene ring substituents is 1. The maximum Gasteiger partial charge on any atom is 0.270 e. The topological polar surface area (TPSA) is 105 Å². The predicted molar refractivity (Wildman–Crippen MR) is 112 cm³/mol. The lowest BCUT2D eigenvalue weighted by atomic mass is 10.2. The highest BCUT2D eigenvalue weighted by Gasteiger charge is 2.22. The highest BCUT2D eigenvalue weighted by molar-refractivity contribution is 7.89. The number of nitro benzene ring substituents is 1. The highest BCUT2D eigenvalue weighted by Crippen LogP contribution is 2.22. The fourth-order valence-corrected chi connectivity index (χ4v) is 4.11. The minimum Gasteiger partial charge on any atom is -0.366 e. The van der Waals surface area contributed by atoms with Crippen LogP contribution in [0, 0.1) is 10.1 Å². The Morgan fingerprint density at radius 1 is 1.10 bits per heavy atom. The first-order valence-electron chi connectivity index (χ1n) is 9.04. The lowest BCUT2D eigenvalue weighted by Crippen LogP contribution is -2.33. The van der Waals surface area contributed by atoms with Crippen LogP contribution in [0.2, 0.25) is 0 Å². The van der Waals surface area contributed by atoms with Crippen molar-refractivity contribution in [1.82, 2.24) is 9.29 Å². The van der Waals surface area contributed by atoms with Crippen LogP contribution in [-0.2, 0) is 16.6 Å². The number of anilines is 1. The average molecular weight is 414 g/mol. The van der Waals surface area contributed by atoms with Gasteiger partial charge in [-0.3, -0.25) is 10.1 Å². The Bertz CT molecular complexity index is 1140. The van der Waals surface area contributed by atoms with Crippen molar-refractivity contribution in [3.8, 4) is 0 Å². The first kappa shape index (κ1) is 20.7. The van der Waals surface area contributed by atoms with Crippen LogP contribution in [-0.4, -0.2) is 35.7 Å². The summed E-state index contributed by atoms with van der Waals surface area (Å²) < 4.78 is 26.4. The normalized spacial score (nSPS) is 11.9. The lowest BCUT2D eigenvalue weighted by molar-refractivity contribution is -0.384. The molecule has 152 valence electrons. The molecule has 8 nitrogen and oxygen atoms in total. The third-order valence-electron chi connectivity index (χ3n) is 4.68. The molecular weight excluding hydrogens is 392 g/mol. The third-order valence-corrected chi connectivity index (χ3v) is 6.73. The van der Waals surface area contributed by atoms with Crippen LogP contribution in [0.5, 0.6) is 0 Å². The fourth-order valence-electron chi connectivity index (χ4n) is 2.74. The molecule has 0 aliphatic rings. The maximum absolute atomic E-state index is 12.5. The van der Waals surface area contributed by atoms with Gasteiger partial charge in [-0.05, 0) is 49.7 Å². The molecule has 0 atom stereocenters. The second-order valence-corrected chi connectivity index (χ2v) is 8.94. The summed E-state index contributed by atoms with van der Waals surface area (Å²) in [5.74, 6) is 0.627. The van der Waals surface area contributed by atoms with Gasteiger partial charge in [-0.2, -0.15) is 4.31 Å². The number of fused-ring (bicyclic) bond motifs is 1. The van der Waals surface area contributed by atoms with Crippen molar-refractivity contribution in [1.29, 1.82) is 0 Å². The van der Waals surface area contributed by atoms with Gasteiger partial charge in [0, 0.05) is 37.2 Å². The van der Waals surface area contributed by atoms with Gasteiger partial charge in [0.15, 0.2) is 0 Å². The third kappa shape index (κ3) is 4.52. The summed E-state index contributed by atoms with van der Waals surface area (Å²) in [5.41, 5.74) is 1.58. The molecular formula is C20H22N4O4S. The van der Waals surface area contributed by atoms with Gasteiger partial charge in [-0.25, -0.2) is 13.4 Å². The number of aromatic nitrogens is 1. The molecule has 0 saturated carbocycles. The van der Waals surface area contributed by atoms with Crippen LogP contribution < -0.4 is 5.32 Å². The molecule has 1 N–H and O–H groups in total. The average Bonchev–Trinajstić information content (AvgIpc) is 2.71. The Kier molecular flexibility index (Phi) is 5.81. The molecule has 0 amide bonds. The molecule has 0 spiro atoms. The molecule has 0 fully saturated rings. The first-order valence-corrected chi connectivity index (χ1v) is 10.5. The van der Waals surface area contributed by atoms with E-state index in [0.29, 0.717) is 23.3 Å². The van der Waals surface area contributed by atoms with Crippen molar-refractivity contribution in [3.63, 3.8) is 0 Å². The first-order chi connectivity index (χ1) is 13.7. The minimum absolute atomic E-state index is 0.0261. The number of nitrogens with zero attached hydrogens (tertiary/aromatic N) is 3. The highest BCUT2D eigenvalue weighted by atomic mass is 32.2. The number of nitro groups is 1. The Balaban J connectivity index is 1.71. The number of nitrogens with one attached hydrogen (secondary N) is 1. The van der Waals surface area contributed by atoms with Crippen LogP contribution in [0.25, 0.3) is 10.9 Å². The summed E-state index contributed by atoms with van der Waals surface area (Å²) in [6, 6.07) is 14.6. The largest absolute Gasteiger partial charge is 0.366 e. The second-order valence-electron chi connectivity index (χ2n) is 6.94. The van der Waals surface area contributed by atoms with Gasteiger partial charge in [0.05, 0.1) is 15.3 Å². The van der Waals surface area contributed by atoms with Crippen molar-refractivity contribution in [3.05, 3.63) is 70.3 Å². The predicted octanol–water partition coefficient (Wildman–Crippen LogP) is 3.78. The number of rotatable bonds is 7. The Morgan fingerprint density at radius 2 is 1.79 bits per heavy atom. The fraction of sp³-hybridized carbons (Fsp3) is 0.250. The van der Waals surface area contributed by atoms with E-state index < -0.39 is 14.9 Å². The Hall–Kier alpha value is -3.04. The summed E-state index contributed by atoms with van der Waals surface area (Å²) in [6.45, 7) is 4.11. The van der Waals surface area contributed by atoms with E-state index >= 15 is 0 Å². The van der Waals surface area contributed by atoms with Gasteiger partial charge >= 0.3 is 0 Å². The molecule has 0 unspecified atom stereocenters. The molecule has 29 heavy (non-hydrogen) atoms. The van der Waals surface area contributed by atoms with Crippen molar-refractivity contribution in [2.75, 3.05) is 12.4 Å². The smallest absolute Gasteiger partial charge is 0.270 e. The van der Waals surface area contributed by atoms with Crippen molar-refractivity contribution in [2.45, 2.75) is 31.3 Å². The summed E-state index contributed by atoms with van der Waals surface area (Å²) in [4.78, 5) is 15.1. The monoisotopic (exact) mass is 414 g/mol. The van der Waals surface area contributed by atoms with E-state index in [-0.39, 0.29) is 16.6 Å². The summed E-state index contributed by atoms with van der Waals surface area (Å²) in [6.07, 6.45) is 0. The summed E-state index contributed by atoms with van der Waals surface area (Å²) in [7, 11) is -1.94. The molecule has 0 aliphatic carbocycles. The quantitative estimate of drug-likeness (QED) is 0.466. The van der Waals surface area contributed by atoms with Gasteiger partial charge in [0.2, 0.25) is 10.0 Å². The van der Waals surface area contributed by atoms with E-state index in [4.69, 9.17) is 0 Å². The van der Waals surface area contributed by atoms with E-state index in [1.165, 1.54) is 16.4 Å². The molecule has 1 aromatic heterocycles. The van der Waals surface area contributed by atoms with Gasteiger partial charge in [0.1, 0.15) is 5.82 Å². The molecule has 3 aromatic rings. The Morgan fingerprint density at radius 3 is 2.41 bits per heavy atom. The molecule has 0 bridgehead atoms. The van der Waals surface area contributed by atoms with E-state index in [9.17, 15) is 18.5 Å². The summed E-state index contributed by atoms with van der Waals surface area (Å²) in [5, 5.41) is 14.7. The number of hydrogen-bond acceptors (Lipinski definition) is 6. The number of hydrogen-bond donors (Lipinski definition) is 1. The molecule has 0 radical (unpaired) electrons. The van der Waals surface area contributed by atoms with E-state index in [1.54, 1.807) is 49.5 Å². The van der Waals surface area contributed by atoms with E-state index in [2.05, 4.69) is 10.3 Å². The molecule has 3 rings (SSSR count). The number of benzene rings is 2. The standard InChI is InChI=1S/C20H22N4O4S/c1-14(2)23(3)29(27,28)18-8-4-15(5-9-18)13-21-20-11-6-16-12-17(24(25)26)7-10-19(16)22-20/h4-12,14H,13H2,1-3H3,(H,21,22). The second kappa shape index (κ2) is 8.14. The van der Waals surface area contributed by atoms with Crippen molar-refractivity contribution >= 4 is 32.4 Å². The zero-order valence-corrected chi connectivity index (χ0v) is 17.2. The van der Waals surface area contributed by atoms with Crippen LogP contribution in [0.1, 0.15) is 19.4 Å². The van der Waals surface area contributed by atoms with E-state index in [0.717, 1.165) is 5.56 Å². The zero-order valence-electron chi connectivity index (χ0n) is 16.4. The molecule has 1 heterocycles. The van der Waals surface area contributed by atoms with Gasteiger partial charge < -0.3 is 5.32 Å². The van der Waals surface area contributed by atoms with Crippen molar-refractivity contribution in [2.24, 2.45) is 0 Å².